The van der Waals surface area contributed by atoms with Crippen LogP contribution >= 0.6 is 0 Å². The zero-order chi connectivity index (χ0) is 17.0. The monoisotopic (exact) mass is 320 g/mol. The number of benzene rings is 1. The first-order valence-electron chi connectivity index (χ1n) is 7.00. The molecule has 0 radical (unpaired) electrons. The number of carbonyl (C=O) groups excluding carboxylic acids is 3. The molecule has 1 saturated heterocycles. The molecule has 2 rings (SSSR count). The van der Waals surface area contributed by atoms with Gasteiger partial charge in [-0.3, -0.25) is 24.5 Å². The molecule has 0 aromatic heterocycles. The third-order valence-electron chi connectivity index (χ3n) is 3.58. The summed E-state index contributed by atoms with van der Waals surface area (Å²) >= 11 is 0. The number of carbonyl (C=O) groups is 3. The van der Waals surface area contributed by atoms with Crippen LogP contribution in [0.3, 0.4) is 0 Å². The van der Waals surface area contributed by atoms with Crippen molar-refractivity contribution < 1.29 is 19.3 Å². The number of hydrogen-bond donors (Lipinski definition) is 3. The van der Waals surface area contributed by atoms with E-state index in [9.17, 15) is 24.5 Å². The Balaban J connectivity index is 2.11. The summed E-state index contributed by atoms with van der Waals surface area (Å²) in [5.74, 6) is -1.57. The fourth-order valence-electron chi connectivity index (χ4n) is 2.39. The van der Waals surface area contributed by atoms with Crippen LogP contribution in [0.25, 0.3) is 0 Å². The van der Waals surface area contributed by atoms with E-state index >= 15 is 0 Å². The van der Waals surface area contributed by atoms with Crippen molar-refractivity contribution in [3.8, 4) is 0 Å². The topological polar surface area (TPSA) is 144 Å². The average molecular weight is 320 g/mol. The molecule has 1 heterocycles. The highest BCUT2D eigenvalue weighted by Gasteiger charge is 2.30. The molecule has 0 bridgehead atoms. The number of amides is 3. The van der Waals surface area contributed by atoms with Crippen LogP contribution in [-0.4, -0.2) is 34.7 Å². The molecular weight excluding hydrogens is 304 g/mol. The first-order chi connectivity index (χ1) is 10.9. The van der Waals surface area contributed by atoms with Gasteiger partial charge in [0.05, 0.1) is 4.92 Å². The lowest BCUT2D eigenvalue weighted by Crippen LogP contribution is -2.51. The second kappa shape index (κ2) is 6.86. The normalized spacial score (nSPS) is 18.1. The minimum atomic E-state index is -1.10. The zero-order valence-electron chi connectivity index (χ0n) is 12.2. The minimum absolute atomic E-state index is 0.0983. The average Bonchev–Trinajstić information content (AvgIpc) is 2.93. The number of rotatable bonds is 6. The maximum absolute atomic E-state index is 12.0. The van der Waals surface area contributed by atoms with Crippen LogP contribution in [0.1, 0.15) is 18.4 Å². The summed E-state index contributed by atoms with van der Waals surface area (Å²) in [6, 6.07) is 4.10. The summed E-state index contributed by atoms with van der Waals surface area (Å²) in [7, 11) is 0. The van der Waals surface area contributed by atoms with Crippen molar-refractivity contribution in [2.75, 3.05) is 0 Å². The summed E-state index contributed by atoms with van der Waals surface area (Å²) in [4.78, 5) is 45.2. The summed E-state index contributed by atoms with van der Waals surface area (Å²) in [5.41, 5.74) is 5.41. The second-order valence-electron chi connectivity index (χ2n) is 5.21. The van der Waals surface area contributed by atoms with Crippen molar-refractivity contribution in [1.82, 2.24) is 10.6 Å². The van der Waals surface area contributed by atoms with E-state index in [0.29, 0.717) is 6.42 Å². The van der Waals surface area contributed by atoms with Gasteiger partial charge in [-0.25, -0.2) is 0 Å². The van der Waals surface area contributed by atoms with Gasteiger partial charge in [-0.15, -0.1) is 0 Å². The van der Waals surface area contributed by atoms with Crippen molar-refractivity contribution >= 4 is 23.4 Å². The highest BCUT2D eigenvalue weighted by molar-refractivity contribution is 5.93. The summed E-state index contributed by atoms with van der Waals surface area (Å²) in [5, 5.41) is 15.9. The maximum atomic E-state index is 12.0. The van der Waals surface area contributed by atoms with Crippen LogP contribution in [0.2, 0.25) is 0 Å². The molecule has 1 fully saturated rings. The fraction of sp³-hybridized carbons (Fsp3) is 0.357. The molecule has 0 unspecified atom stereocenters. The van der Waals surface area contributed by atoms with Gasteiger partial charge >= 0.3 is 0 Å². The van der Waals surface area contributed by atoms with Crippen molar-refractivity contribution in [3.05, 3.63) is 39.9 Å². The molecule has 1 aliphatic heterocycles. The van der Waals surface area contributed by atoms with Crippen molar-refractivity contribution in [2.24, 2.45) is 5.73 Å². The van der Waals surface area contributed by atoms with Crippen LogP contribution in [0.4, 0.5) is 5.69 Å². The van der Waals surface area contributed by atoms with E-state index < -0.39 is 28.8 Å². The smallest absolute Gasteiger partial charge is 0.272 e. The van der Waals surface area contributed by atoms with E-state index in [2.05, 4.69) is 10.6 Å². The van der Waals surface area contributed by atoms with Gasteiger partial charge in [0.1, 0.15) is 12.1 Å². The Bertz CT molecular complexity index is 660. The molecule has 4 N–H and O–H groups in total. The fourth-order valence-corrected chi connectivity index (χ4v) is 2.39. The number of nitro benzene ring substituents is 1. The Morgan fingerprint density at radius 3 is 2.70 bits per heavy atom. The van der Waals surface area contributed by atoms with Gasteiger partial charge in [-0.1, -0.05) is 18.2 Å². The molecular formula is C14H16N4O5. The lowest BCUT2D eigenvalue weighted by Gasteiger charge is -2.18. The predicted molar refractivity (Wildman–Crippen MR) is 79.1 cm³/mol. The Hall–Kier alpha value is -2.97. The molecule has 0 spiro atoms. The van der Waals surface area contributed by atoms with Gasteiger partial charge in [0.15, 0.2) is 0 Å². The Labute approximate surface area is 131 Å². The first kappa shape index (κ1) is 16.4. The van der Waals surface area contributed by atoms with Gasteiger partial charge in [0, 0.05) is 24.5 Å². The van der Waals surface area contributed by atoms with E-state index in [1.165, 1.54) is 18.2 Å². The molecule has 2 atom stereocenters. The Morgan fingerprint density at radius 1 is 1.43 bits per heavy atom. The molecule has 0 aliphatic carbocycles. The third-order valence-corrected chi connectivity index (χ3v) is 3.58. The number of nitrogens with two attached hydrogens (primary N) is 1. The molecule has 0 saturated carbocycles. The lowest BCUT2D eigenvalue weighted by molar-refractivity contribution is -0.385. The highest BCUT2D eigenvalue weighted by atomic mass is 16.6. The number of nitrogens with zero attached hydrogens (tertiary/aromatic N) is 1. The van der Waals surface area contributed by atoms with Crippen molar-refractivity contribution in [1.29, 1.82) is 0 Å². The largest absolute Gasteiger partial charge is 0.368 e. The Morgan fingerprint density at radius 2 is 2.13 bits per heavy atom. The standard InChI is InChI=1S/C14H16N4O5/c15-13(20)10(17-14(21)9-5-6-12(19)16-9)7-8-3-1-2-4-11(8)18(22)23/h1-4,9-10H,5-7H2,(H2,15,20)(H,16,19)(H,17,21)/t9-,10-/m0/s1. The highest BCUT2D eigenvalue weighted by Crippen LogP contribution is 2.19. The number of nitrogens with one attached hydrogen (secondary N) is 2. The summed E-state index contributed by atoms with van der Waals surface area (Å²) < 4.78 is 0. The van der Waals surface area contributed by atoms with Crippen LogP contribution in [0.5, 0.6) is 0 Å². The van der Waals surface area contributed by atoms with Gasteiger partial charge < -0.3 is 16.4 Å². The molecule has 1 aromatic rings. The van der Waals surface area contributed by atoms with E-state index in [0.717, 1.165) is 0 Å². The molecule has 122 valence electrons. The molecule has 9 heteroatoms. The van der Waals surface area contributed by atoms with Gasteiger partial charge in [-0.2, -0.15) is 0 Å². The van der Waals surface area contributed by atoms with Crippen molar-refractivity contribution in [2.45, 2.75) is 31.3 Å². The van der Waals surface area contributed by atoms with Crippen LogP contribution in [0, 0.1) is 10.1 Å². The maximum Gasteiger partial charge on any atom is 0.272 e. The third kappa shape index (κ3) is 4.02. The van der Waals surface area contributed by atoms with E-state index in [1.807, 2.05) is 0 Å². The van der Waals surface area contributed by atoms with Crippen LogP contribution in [-0.2, 0) is 20.8 Å². The predicted octanol–water partition coefficient (Wildman–Crippen LogP) is -0.614. The zero-order valence-corrected chi connectivity index (χ0v) is 12.2. The second-order valence-corrected chi connectivity index (χ2v) is 5.21. The quantitative estimate of drug-likeness (QED) is 0.473. The number of para-hydroxylation sites is 1. The van der Waals surface area contributed by atoms with E-state index in [4.69, 9.17) is 5.73 Å². The SMILES string of the molecule is NC(=O)[C@H](Cc1ccccc1[N+](=O)[O-])NC(=O)[C@@H]1CCC(=O)N1. The summed E-state index contributed by atoms with van der Waals surface area (Å²) in [6.07, 6.45) is 0.476. The summed E-state index contributed by atoms with van der Waals surface area (Å²) in [6.45, 7) is 0. The molecule has 1 aliphatic rings. The van der Waals surface area contributed by atoms with Crippen LogP contribution < -0.4 is 16.4 Å². The molecule has 1 aromatic carbocycles. The van der Waals surface area contributed by atoms with Crippen molar-refractivity contribution in [3.63, 3.8) is 0 Å². The number of hydrogen-bond acceptors (Lipinski definition) is 5. The van der Waals surface area contributed by atoms with E-state index in [-0.39, 0.29) is 30.0 Å². The molecule has 3 amide bonds. The first-order valence-corrected chi connectivity index (χ1v) is 7.00. The van der Waals surface area contributed by atoms with Gasteiger partial charge in [0.2, 0.25) is 17.7 Å². The number of primary amides is 1. The van der Waals surface area contributed by atoms with Crippen LogP contribution in [0.15, 0.2) is 24.3 Å². The molecule has 9 nitrogen and oxygen atoms in total. The lowest BCUT2D eigenvalue weighted by atomic mass is 10.0. The van der Waals surface area contributed by atoms with Gasteiger partial charge in [0.25, 0.3) is 5.69 Å². The Kier molecular flexibility index (Phi) is 4.89. The minimum Gasteiger partial charge on any atom is -0.368 e. The van der Waals surface area contributed by atoms with E-state index in [1.54, 1.807) is 6.07 Å². The number of nitro groups is 1. The van der Waals surface area contributed by atoms with Gasteiger partial charge in [-0.05, 0) is 6.42 Å². The molecule has 23 heavy (non-hydrogen) atoms.